The topological polar surface area (TPSA) is 64.7 Å². The van der Waals surface area contributed by atoms with Crippen molar-refractivity contribution < 1.29 is 9.59 Å². The molecule has 1 saturated heterocycles. The zero-order chi connectivity index (χ0) is 29.3. The number of rotatable bonds is 26. The van der Waals surface area contributed by atoms with Gasteiger partial charge in [0.25, 0.3) is 0 Å². The van der Waals surface area contributed by atoms with Gasteiger partial charge in [-0.05, 0) is 51.6 Å². The minimum atomic E-state index is 0.207. The second kappa shape index (κ2) is 25.6. The molecule has 0 aliphatic carbocycles. The van der Waals surface area contributed by atoms with Crippen molar-refractivity contribution in [1.29, 1.82) is 0 Å². The fraction of sp³-hybridized carbons (Fsp3) is 0.941. The molecule has 0 aromatic rings. The number of carbonyl (C=O) groups is 2. The van der Waals surface area contributed by atoms with E-state index in [-0.39, 0.29) is 23.7 Å². The van der Waals surface area contributed by atoms with Crippen LogP contribution in [0.4, 0.5) is 0 Å². The highest BCUT2D eigenvalue weighted by atomic mass is 16.2. The molecule has 0 bridgehead atoms. The summed E-state index contributed by atoms with van der Waals surface area (Å²) in [4.78, 5) is 30.6. The maximum absolute atomic E-state index is 12.8. The van der Waals surface area contributed by atoms with Crippen molar-refractivity contribution in [3.63, 3.8) is 0 Å². The number of unbranched alkanes of at least 4 members (excludes halogenated alkanes) is 8. The lowest BCUT2D eigenvalue weighted by atomic mass is 9.94. The van der Waals surface area contributed by atoms with Crippen LogP contribution in [-0.4, -0.2) is 74.0 Å². The van der Waals surface area contributed by atoms with Crippen molar-refractivity contribution in [2.75, 3.05) is 52.4 Å². The van der Waals surface area contributed by atoms with E-state index < -0.39 is 0 Å². The molecule has 1 rings (SSSR count). The Labute approximate surface area is 249 Å². The molecular formula is C34H68N4O2. The lowest BCUT2D eigenvalue weighted by Gasteiger charge is -2.34. The number of hydrogen-bond acceptors (Lipinski definition) is 4. The number of hydrogen-bond donors (Lipinski definition) is 2. The Morgan fingerprint density at radius 1 is 0.500 bits per heavy atom. The molecule has 6 nitrogen and oxygen atoms in total. The van der Waals surface area contributed by atoms with Crippen LogP contribution in [0.2, 0.25) is 0 Å². The van der Waals surface area contributed by atoms with Gasteiger partial charge in [-0.15, -0.1) is 0 Å². The fourth-order valence-electron chi connectivity index (χ4n) is 5.90. The molecule has 1 aliphatic rings. The van der Waals surface area contributed by atoms with Gasteiger partial charge in [0, 0.05) is 51.1 Å². The first-order valence-corrected chi connectivity index (χ1v) is 17.6. The third kappa shape index (κ3) is 18.3. The highest BCUT2D eigenvalue weighted by molar-refractivity contribution is 5.78. The Kier molecular flexibility index (Phi) is 23.6. The quantitative estimate of drug-likeness (QED) is 0.109. The molecule has 2 amide bonds. The van der Waals surface area contributed by atoms with Crippen molar-refractivity contribution in [2.45, 2.75) is 143 Å². The Morgan fingerprint density at radius 2 is 0.850 bits per heavy atom. The molecule has 1 aliphatic heterocycles. The first kappa shape index (κ1) is 36.9. The van der Waals surface area contributed by atoms with Crippen LogP contribution in [0.15, 0.2) is 0 Å². The van der Waals surface area contributed by atoms with Crippen LogP contribution in [-0.2, 0) is 9.59 Å². The van der Waals surface area contributed by atoms with Gasteiger partial charge in [0.05, 0.1) is 0 Å². The van der Waals surface area contributed by atoms with Gasteiger partial charge in [0.1, 0.15) is 0 Å². The Bertz CT molecular complexity index is 555. The molecule has 1 heterocycles. The third-order valence-corrected chi connectivity index (χ3v) is 8.73. The molecule has 6 heteroatoms. The average Bonchev–Trinajstić information content (AvgIpc) is 2.97. The first-order valence-electron chi connectivity index (χ1n) is 17.6. The summed E-state index contributed by atoms with van der Waals surface area (Å²) in [6, 6.07) is 0. The van der Waals surface area contributed by atoms with E-state index in [9.17, 15) is 9.59 Å². The molecule has 0 radical (unpaired) electrons. The minimum absolute atomic E-state index is 0.207. The van der Waals surface area contributed by atoms with E-state index in [4.69, 9.17) is 0 Å². The largest absolute Gasteiger partial charge is 0.356 e. The van der Waals surface area contributed by atoms with Gasteiger partial charge in [-0.1, -0.05) is 105 Å². The van der Waals surface area contributed by atoms with Crippen LogP contribution in [0.5, 0.6) is 0 Å². The number of nitrogens with zero attached hydrogens (tertiary/aromatic N) is 2. The molecule has 0 aromatic carbocycles. The molecule has 2 unspecified atom stereocenters. The van der Waals surface area contributed by atoms with Crippen molar-refractivity contribution in [3.8, 4) is 0 Å². The average molecular weight is 565 g/mol. The number of piperazine rings is 1. The van der Waals surface area contributed by atoms with E-state index in [1.165, 1.54) is 51.4 Å². The van der Waals surface area contributed by atoms with Crippen LogP contribution < -0.4 is 10.6 Å². The van der Waals surface area contributed by atoms with E-state index in [1.807, 2.05) is 0 Å². The molecule has 2 N–H and O–H groups in total. The Morgan fingerprint density at radius 3 is 1.20 bits per heavy atom. The van der Waals surface area contributed by atoms with Gasteiger partial charge < -0.3 is 20.4 Å². The number of amides is 2. The normalized spacial score (nSPS) is 16.1. The number of nitrogens with one attached hydrogen (secondary N) is 2. The SMILES string of the molecule is CCCCCCC(CCCC)C(=O)NCCCN1CCN(CCCNC(=O)C(CCCC)CCCCCC)CC1. The lowest BCUT2D eigenvalue weighted by molar-refractivity contribution is -0.126. The zero-order valence-corrected chi connectivity index (χ0v) is 27.3. The monoisotopic (exact) mass is 565 g/mol. The summed E-state index contributed by atoms with van der Waals surface area (Å²) in [6.45, 7) is 17.1. The summed E-state index contributed by atoms with van der Waals surface area (Å²) in [5.41, 5.74) is 0. The van der Waals surface area contributed by atoms with E-state index in [0.29, 0.717) is 0 Å². The van der Waals surface area contributed by atoms with Crippen LogP contribution in [0.1, 0.15) is 143 Å². The smallest absolute Gasteiger partial charge is 0.223 e. The third-order valence-electron chi connectivity index (χ3n) is 8.73. The van der Waals surface area contributed by atoms with Gasteiger partial charge in [-0.3, -0.25) is 9.59 Å². The van der Waals surface area contributed by atoms with E-state index >= 15 is 0 Å². The second-order valence-corrected chi connectivity index (χ2v) is 12.3. The first-order chi connectivity index (χ1) is 19.5. The standard InChI is InChI=1S/C34H68N4O2/c1-5-9-13-15-21-31(19-11-7-3)33(39)35-23-17-25-37-27-29-38(30-28-37)26-18-24-36-34(40)32(20-12-8-4)22-16-14-10-6-2/h31-32H,5-30H2,1-4H3,(H,35,39)(H,36,40). The van der Waals surface area contributed by atoms with Crippen LogP contribution >= 0.6 is 0 Å². The van der Waals surface area contributed by atoms with Gasteiger partial charge in [-0.2, -0.15) is 0 Å². The van der Waals surface area contributed by atoms with Gasteiger partial charge in [0.15, 0.2) is 0 Å². The minimum Gasteiger partial charge on any atom is -0.356 e. The van der Waals surface area contributed by atoms with Crippen LogP contribution in [0.25, 0.3) is 0 Å². The molecule has 1 fully saturated rings. The zero-order valence-electron chi connectivity index (χ0n) is 27.3. The maximum Gasteiger partial charge on any atom is 0.223 e. The summed E-state index contributed by atoms with van der Waals surface area (Å²) in [5, 5.41) is 6.50. The maximum atomic E-state index is 12.8. The van der Waals surface area contributed by atoms with Gasteiger partial charge in [-0.25, -0.2) is 0 Å². The Hall–Kier alpha value is -1.14. The predicted octanol–water partition coefficient (Wildman–Crippen LogP) is 7.17. The molecule has 0 aromatic heterocycles. The summed E-state index contributed by atoms with van der Waals surface area (Å²) in [7, 11) is 0. The number of carbonyl (C=O) groups excluding carboxylic acids is 2. The van der Waals surface area contributed by atoms with Crippen molar-refractivity contribution >= 4 is 11.8 Å². The van der Waals surface area contributed by atoms with E-state index in [1.54, 1.807) is 0 Å². The van der Waals surface area contributed by atoms with E-state index in [2.05, 4.69) is 48.1 Å². The molecule has 2 atom stereocenters. The van der Waals surface area contributed by atoms with Gasteiger partial charge in [0.2, 0.25) is 11.8 Å². The summed E-state index contributed by atoms with van der Waals surface area (Å²) in [6.07, 6.45) is 20.8. The highest BCUT2D eigenvalue weighted by Crippen LogP contribution is 2.19. The fourth-order valence-corrected chi connectivity index (χ4v) is 5.90. The van der Waals surface area contributed by atoms with Crippen molar-refractivity contribution in [1.82, 2.24) is 20.4 Å². The Balaban J connectivity index is 2.18. The summed E-state index contributed by atoms with van der Waals surface area (Å²) >= 11 is 0. The summed E-state index contributed by atoms with van der Waals surface area (Å²) in [5.74, 6) is 0.987. The van der Waals surface area contributed by atoms with Crippen LogP contribution in [0.3, 0.4) is 0 Å². The molecule has 236 valence electrons. The lowest BCUT2D eigenvalue weighted by Crippen LogP contribution is -2.47. The van der Waals surface area contributed by atoms with Gasteiger partial charge >= 0.3 is 0 Å². The van der Waals surface area contributed by atoms with Crippen molar-refractivity contribution in [2.24, 2.45) is 11.8 Å². The molecule has 40 heavy (non-hydrogen) atoms. The van der Waals surface area contributed by atoms with E-state index in [0.717, 1.165) is 117 Å². The predicted molar refractivity (Wildman–Crippen MR) is 172 cm³/mol. The van der Waals surface area contributed by atoms with Crippen molar-refractivity contribution in [3.05, 3.63) is 0 Å². The van der Waals surface area contributed by atoms with Crippen LogP contribution in [0, 0.1) is 11.8 Å². The molecule has 0 saturated carbocycles. The molecule has 0 spiro atoms. The molecular weight excluding hydrogens is 496 g/mol. The highest BCUT2D eigenvalue weighted by Gasteiger charge is 2.20. The summed E-state index contributed by atoms with van der Waals surface area (Å²) < 4.78 is 0. The second-order valence-electron chi connectivity index (χ2n) is 12.3.